The summed E-state index contributed by atoms with van der Waals surface area (Å²) in [6, 6.07) is 0. The summed E-state index contributed by atoms with van der Waals surface area (Å²) in [5.74, 6) is 0.401. The SMILES string of the molecule is CSCC(C)(O)CNC(=O)c1c(C)nn(C)c1C. The van der Waals surface area contributed by atoms with Crippen LogP contribution in [0.1, 0.15) is 28.7 Å². The van der Waals surface area contributed by atoms with Crippen LogP contribution in [0.4, 0.5) is 0 Å². The number of carbonyl (C=O) groups is 1. The first-order valence-electron chi connectivity index (χ1n) is 5.78. The molecule has 0 saturated carbocycles. The number of hydrogen-bond acceptors (Lipinski definition) is 4. The van der Waals surface area contributed by atoms with E-state index in [-0.39, 0.29) is 12.5 Å². The van der Waals surface area contributed by atoms with Crippen LogP contribution >= 0.6 is 11.8 Å². The summed E-state index contributed by atoms with van der Waals surface area (Å²) in [6.07, 6.45) is 1.92. The topological polar surface area (TPSA) is 67.2 Å². The largest absolute Gasteiger partial charge is 0.387 e. The molecule has 0 aliphatic heterocycles. The summed E-state index contributed by atoms with van der Waals surface area (Å²) < 4.78 is 1.68. The molecule has 0 radical (unpaired) electrons. The summed E-state index contributed by atoms with van der Waals surface area (Å²) in [5, 5.41) is 17.0. The summed E-state index contributed by atoms with van der Waals surface area (Å²) >= 11 is 1.55. The molecule has 0 spiro atoms. The van der Waals surface area contributed by atoms with Crippen LogP contribution in [0, 0.1) is 13.8 Å². The lowest BCUT2D eigenvalue weighted by Crippen LogP contribution is -2.42. The second-order valence-corrected chi connectivity index (χ2v) is 5.65. The van der Waals surface area contributed by atoms with Crippen molar-refractivity contribution in [2.45, 2.75) is 26.4 Å². The van der Waals surface area contributed by atoms with Gasteiger partial charge in [0, 0.05) is 25.0 Å². The van der Waals surface area contributed by atoms with Crippen LogP contribution < -0.4 is 5.32 Å². The number of hydrogen-bond donors (Lipinski definition) is 2. The number of carbonyl (C=O) groups excluding carboxylic acids is 1. The van der Waals surface area contributed by atoms with Gasteiger partial charge in [0.05, 0.1) is 16.9 Å². The van der Waals surface area contributed by atoms with Crippen molar-refractivity contribution in [2.24, 2.45) is 7.05 Å². The summed E-state index contributed by atoms with van der Waals surface area (Å²) in [6.45, 7) is 5.62. The van der Waals surface area contributed by atoms with Gasteiger partial charge in [-0.2, -0.15) is 16.9 Å². The van der Waals surface area contributed by atoms with Crippen molar-refractivity contribution < 1.29 is 9.90 Å². The van der Waals surface area contributed by atoms with Gasteiger partial charge in [-0.15, -0.1) is 0 Å². The Balaban J connectivity index is 2.72. The molecule has 6 heteroatoms. The molecule has 1 atom stereocenters. The fourth-order valence-electron chi connectivity index (χ4n) is 1.82. The molecular weight excluding hydrogens is 250 g/mol. The lowest BCUT2D eigenvalue weighted by molar-refractivity contribution is 0.0724. The van der Waals surface area contributed by atoms with Gasteiger partial charge in [-0.1, -0.05) is 0 Å². The Labute approximate surface area is 112 Å². The molecule has 0 saturated heterocycles. The standard InChI is InChI=1S/C12H21N3O2S/c1-8-10(9(2)15(4)14-8)11(16)13-6-12(3,17)7-18-5/h17H,6-7H2,1-5H3,(H,13,16). The van der Waals surface area contributed by atoms with Crippen molar-refractivity contribution in [3.05, 3.63) is 17.0 Å². The monoisotopic (exact) mass is 271 g/mol. The molecular formula is C12H21N3O2S. The molecule has 1 aromatic rings. The van der Waals surface area contributed by atoms with E-state index in [1.54, 1.807) is 23.4 Å². The highest BCUT2D eigenvalue weighted by molar-refractivity contribution is 7.98. The zero-order chi connectivity index (χ0) is 13.9. The quantitative estimate of drug-likeness (QED) is 0.834. The van der Waals surface area contributed by atoms with E-state index in [1.165, 1.54) is 0 Å². The molecule has 0 aliphatic rings. The highest BCUT2D eigenvalue weighted by atomic mass is 32.2. The van der Waals surface area contributed by atoms with E-state index in [1.807, 2.05) is 27.2 Å². The number of nitrogens with zero attached hydrogens (tertiary/aromatic N) is 2. The first-order chi connectivity index (χ1) is 8.28. The predicted molar refractivity (Wildman–Crippen MR) is 74.0 cm³/mol. The van der Waals surface area contributed by atoms with Gasteiger partial charge in [0.15, 0.2) is 0 Å². The van der Waals surface area contributed by atoms with E-state index in [2.05, 4.69) is 10.4 Å². The maximum Gasteiger partial charge on any atom is 0.255 e. The Morgan fingerprint density at radius 3 is 2.61 bits per heavy atom. The Hall–Kier alpha value is -1.01. The second-order valence-electron chi connectivity index (χ2n) is 4.78. The van der Waals surface area contributed by atoms with Gasteiger partial charge < -0.3 is 10.4 Å². The van der Waals surface area contributed by atoms with Crippen LogP contribution in [0.5, 0.6) is 0 Å². The predicted octanol–water partition coefficient (Wildman–Crippen LogP) is 0.881. The van der Waals surface area contributed by atoms with Gasteiger partial charge in [0.25, 0.3) is 5.91 Å². The third-order valence-electron chi connectivity index (χ3n) is 2.82. The van der Waals surface area contributed by atoms with E-state index in [0.29, 0.717) is 17.0 Å². The number of aliphatic hydroxyl groups is 1. The highest BCUT2D eigenvalue weighted by Gasteiger charge is 2.23. The molecule has 2 N–H and O–H groups in total. The van der Waals surface area contributed by atoms with Crippen LogP contribution in [0.3, 0.4) is 0 Å². The second kappa shape index (κ2) is 5.75. The number of aromatic nitrogens is 2. The van der Waals surface area contributed by atoms with Gasteiger partial charge in [-0.3, -0.25) is 9.48 Å². The van der Waals surface area contributed by atoms with Crippen molar-refractivity contribution in [1.82, 2.24) is 15.1 Å². The third-order valence-corrected chi connectivity index (χ3v) is 3.73. The molecule has 1 amide bonds. The van der Waals surface area contributed by atoms with E-state index in [0.717, 1.165) is 5.69 Å². The third kappa shape index (κ3) is 3.49. The molecule has 0 aliphatic carbocycles. The molecule has 1 aromatic heterocycles. The maximum absolute atomic E-state index is 12.1. The van der Waals surface area contributed by atoms with E-state index in [9.17, 15) is 9.90 Å². The van der Waals surface area contributed by atoms with Crippen LogP contribution in [0.25, 0.3) is 0 Å². The van der Waals surface area contributed by atoms with Crippen molar-refractivity contribution in [2.75, 3.05) is 18.6 Å². The van der Waals surface area contributed by atoms with E-state index in [4.69, 9.17) is 0 Å². The molecule has 0 bridgehead atoms. The van der Waals surface area contributed by atoms with Crippen molar-refractivity contribution in [3.8, 4) is 0 Å². The molecule has 0 aromatic carbocycles. The molecule has 1 rings (SSSR count). The summed E-state index contributed by atoms with van der Waals surface area (Å²) in [5.41, 5.74) is 1.24. The zero-order valence-corrected chi connectivity index (χ0v) is 12.4. The van der Waals surface area contributed by atoms with Gasteiger partial charge >= 0.3 is 0 Å². The van der Waals surface area contributed by atoms with E-state index >= 15 is 0 Å². The fraction of sp³-hybridized carbons (Fsp3) is 0.667. The van der Waals surface area contributed by atoms with E-state index < -0.39 is 5.60 Å². The van der Waals surface area contributed by atoms with Crippen LogP contribution in [0.2, 0.25) is 0 Å². The zero-order valence-electron chi connectivity index (χ0n) is 11.6. The summed E-state index contributed by atoms with van der Waals surface area (Å²) in [7, 11) is 1.81. The Morgan fingerprint density at radius 1 is 1.56 bits per heavy atom. The Morgan fingerprint density at radius 2 is 2.17 bits per heavy atom. The van der Waals surface area contributed by atoms with Gasteiger partial charge in [-0.05, 0) is 27.0 Å². The van der Waals surface area contributed by atoms with Gasteiger partial charge in [0.1, 0.15) is 0 Å². The Bertz CT molecular complexity index is 441. The normalized spacial score (nSPS) is 14.3. The number of thioether (sulfide) groups is 1. The fourth-order valence-corrected chi connectivity index (χ4v) is 2.55. The lowest BCUT2D eigenvalue weighted by Gasteiger charge is -2.22. The van der Waals surface area contributed by atoms with Gasteiger partial charge in [0.2, 0.25) is 0 Å². The molecule has 1 heterocycles. The molecule has 0 fully saturated rings. The number of amides is 1. The number of nitrogens with one attached hydrogen (secondary N) is 1. The molecule has 1 unspecified atom stereocenters. The minimum absolute atomic E-state index is 0.181. The van der Waals surface area contributed by atoms with Crippen molar-refractivity contribution in [3.63, 3.8) is 0 Å². The van der Waals surface area contributed by atoms with Crippen LogP contribution in [-0.2, 0) is 7.05 Å². The number of rotatable bonds is 5. The molecule has 102 valence electrons. The lowest BCUT2D eigenvalue weighted by atomic mass is 10.1. The first-order valence-corrected chi connectivity index (χ1v) is 7.17. The van der Waals surface area contributed by atoms with Crippen LogP contribution in [-0.4, -0.2) is 44.9 Å². The summed E-state index contributed by atoms with van der Waals surface area (Å²) in [4.78, 5) is 12.1. The average molecular weight is 271 g/mol. The highest BCUT2D eigenvalue weighted by Crippen LogP contribution is 2.13. The minimum Gasteiger partial charge on any atom is -0.387 e. The number of aryl methyl sites for hydroxylation is 2. The van der Waals surface area contributed by atoms with Crippen molar-refractivity contribution >= 4 is 17.7 Å². The maximum atomic E-state index is 12.1. The van der Waals surface area contributed by atoms with Gasteiger partial charge in [-0.25, -0.2) is 0 Å². The van der Waals surface area contributed by atoms with Crippen molar-refractivity contribution in [1.29, 1.82) is 0 Å². The average Bonchev–Trinajstić information content (AvgIpc) is 2.50. The minimum atomic E-state index is -0.890. The van der Waals surface area contributed by atoms with Crippen LogP contribution in [0.15, 0.2) is 0 Å². The molecule has 5 nitrogen and oxygen atoms in total. The smallest absolute Gasteiger partial charge is 0.255 e. The first kappa shape index (κ1) is 15.0. The Kier molecular flexibility index (Phi) is 4.81. The molecule has 18 heavy (non-hydrogen) atoms.